The smallest absolute Gasteiger partial charge is 0.316 e. The molecule has 0 aromatic rings. The summed E-state index contributed by atoms with van der Waals surface area (Å²) in [5, 5.41) is 4.72. The van der Waals surface area contributed by atoms with Crippen LogP contribution < -0.4 is 10.6 Å². The Hall–Kier alpha value is -1.32. The molecule has 1 aliphatic heterocycles. The van der Waals surface area contributed by atoms with Crippen molar-refractivity contribution in [3.05, 3.63) is 0 Å². The highest BCUT2D eigenvalue weighted by molar-refractivity contribution is 8.14. The number of nitrogens with one attached hydrogen (secondary N) is 2. The quantitative estimate of drug-likeness (QED) is 0.466. The highest BCUT2D eigenvalue weighted by Gasteiger charge is 2.29. The summed E-state index contributed by atoms with van der Waals surface area (Å²) in [6.07, 6.45) is 0. The molecule has 0 aromatic carbocycles. The second-order valence-electron chi connectivity index (χ2n) is 3.58. The fourth-order valence-corrected chi connectivity index (χ4v) is 2.02. The third kappa shape index (κ3) is 5.90. The molecular formula is C10H17N3O5S. The number of hydrogen-bond donors (Lipinski definition) is 2. The lowest BCUT2D eigenvalue weighted by Gasteiger charge is -2.13. The van der Waals surface area contributed by atoms with E-state index in [0.717, 1.165) is 16.7 Å². The molecule has 0 bridgehead atoms. The number of carbonyl (C=O) groups excluding carboxylic acids is 3. The summed E-state index contributed by atoms with van der Waals surface area (Å²) in [7, 11) is 1.56. The minimum atomic E-state index is -0.413. The van der Waals surface area contributed by atoms with Crippen LogP contribution in [0.3, 0.4) is 0 Å². The van der Waals surface area contributed by atoms with Crippen molar-refractivity contribution in [1.82, 2.24) is 15.5 Å². The molecule has 4 amide bonds. The maximum atomic E-state index is 11.3. The van der Waals surface area contributed by atoms with Crippen LogP contribution in [0, 0.1) is 0 Å². The molecular weight excluding hydrogens is 274 g/mol. The van der Waals surface area contributed by atoms with E-state index in [4.69, 9.17) is 9.47 Å². The van der Waals surface area contributed by atoms with Gasteiger partial charge < -0.3 is 20.1 Å². The van der Waals surface area contributed by atoms with Gasteiger partial charge in [0, 0.05) is 20.2 Å². The minimum Gasteiger partial charge on any atom is -0.382 e. The number of hydrogen-bond acceptors (Lipinski definition) is 6. The maximum Gasteiger partial charge on any atom is 0.316 e. The minimum absolute atomic E-state index is 0.0760. The highest BCUT2D eigenvalue weighted by Crippen LogP contribution is 2.17. The first-order chi connectivity index (χ1) is 9.15. The Balaban J connectivity index is 2.04. The molecule has 1 saturated heterocycles. The molecule has 8 nitrogen and oxygen atoms in total. The van der Waals surface area contributed by atoms with Crippen LogP contribution in [-0.4, -0.2) is 68.0 Å². The van der Waals surface area contributed by atoms with E-state index >= 15 is 0 Å². The third-order valence-corrected chi connectivity index (χ3v) is 3.09. The Morgan fingerprint density at radius 3 is 2.79 bits per heavy atom. The van der Waals surface area contributed by atoms with Gasteiger partial charge in [-0.25, -0.2) is 4.79 Å². The molecule has 108 valence electrons. The van der Waals surface area contributed by atoms with Crippen LogP contribution in [0.1, 0.15) is 0 Å². The van der Waals surface area contributed by atoms with E-state index in [2.05, 4.69) is 10.6 Å². The fraction of sp³-hybridized carbons (Fsp3) is 0.700. The van der Waals surface area contributed by atoms with Crippen LogP contribution in [0.15, 0.2) is 0 Å². The lowest BCUT2D eigenvalue weighted by atomic mass is 10.5. The van der Waals surface area contributed by atoms with Crippen molar-refractivity contribution in [2.75, 3.05) is 45.9 Å². The van der Waals surface area contributed by atoms with Gasteiger partial charge in [0.25, 0.3) is 5.24 Å². The SMILES string of the molecule is COCCOCNC(=O)NCCN1C(=O)CSC1=O. The van der Waals surface area contributed by atoms with E-state index in [0.29, 0.717) is 13.2 Å². The molecule has 1 aliphatic rings. The van der Waals surface area contributed by atoms with Crippen molar-refractivity contribution in [2.45, 2.75) is 0 Å². The number of imide groups is 1. The summed E-state index contributed by atoms with van der Waals surface area (Å²) in [6, 6.07) is -0.413. The van der Waals surface area contributed by atoms with Crippen LogP contribution in [-0.2, 0) is 14.3 Å². The van der Waals surface area contributed by atoms with E-state index in [1.54, 1.807) is 7.11 Å². The summed E-state index contributed by atoms with van der Waals surface area (Å²) in [5.41, 5.74) is 0. The number of urea groups is 1. The molecule has 0 atom stereocenters. The number of carbonyl (C=O) groups is 3. The van der Waals surface area contributed by atoms with Crippen molar-refractivity contribution in [1.29, 1.82) is 0 Å². The topological polar surface area (TPSA) is 97.0 Å². The van der Waals surface area contributed by atoms with Gasteiger partial charge in [-0.05, 0) is 0 Å². The van der Waals surface area contributed by atoms with E-state index in [1.807, 2.05) is 0 Å². The molecule has 0 spiro atoms. The Morgan fingerprint density at radius 1 is 1.37 bits per heavy atom. The molecule has 1 rings (SSSR count). The average molecular weight is 291 g/mol. The molecule has 0 radical (unpaired) electrons. The molecule has 0 aromatic heterocycles. The van der Waals surface area contributed by atoms with Crippen LogP contribution in [0.4, 0.5) is 9.59 Å². The fourth-order valence-electron chi connectivity index (χ4n) is 1.27. The zero-order chi connectivity index (χ0) is 14.1. The summed E-state index contributed by atoms with van der Waals surface area (Å²) in [6.45, 7) is 1.32. The van der Waals surface area contributed by atoms with E-state index in [-0.39, 0.29) is 36.7 Å². The second kappa shape index (κ2) is 8.73. The van der Waals surface area contributed by atoms with Crippen molar-refractivity contribution in [3.8, 4) is 0 Å². The maximum absolute atomic E-state index is 11.3. The van der Waals surface area contributed by atoms with E-state index in [1.165, 1.54) is 0 Å². The molecule has 0 saturated carbocycles. The Kier molecular flexibility index (Phi) is 7.23. The first-order valence-electron chi connectivity index (χ1n) is 5.70. The molecule has 1 fully saturated rings. The van der Waals surface area contributed by atoms with E-state index < -0.39 is 6.03 Å². The summed E-state index contributed by atoms with van der Waals surface area (Å²) < 4.78 is 9.81. The number of ether oxygens (including phenoxy) is 2. The Morgan fingerprint density at radius 2 is 2.16 bits per heavy atom. The van der Waals surface area contributed by atoms with Crippen LogP contribution in [0.2, 0.25) is 0 Å². The number of thioether (sulfide) groups is 1. The second-order valence-corrected chi connectivity index (χ2v) is 4.50. The standard InChI is InChI=1S/C10H17N3O5S/c1-17-4-5-18-7-12-9(15)11-2-3-13-8(14)6-19-10(13)16/h2-7H2,1H3,(H2,11,12,15). The molecule has 9 heteroatoms. The van der Waals surface area contributed by atoms with Crippen molar-refractivity contribution in [2.24, 2.45) is 0 Å². The van der Waals surface area contributed by atoms with Gasteiger partial charge in [0.15, 0.2) is 0 Å². The molecule has 0 unspecified atom stereocenters. The van der Waals surface area contributed by atoms with Gasteiger partial charge in [0.2, 0.25) is 5.91 Å². The Labute approximate surface area is 115 Å². The summed E-state index contributed by atoms with van der Waals surface area (Å²) >= 11 is 0.971. The molecule has 0 aliphatic carbocycles. The summed E-state index contributed by atoms with van der Waals surface area (Å²) in [5.74, 6) is -0.0432. The number of amides is 4. The molecule has 2 N–H and O–H groups in total. The van der Waals surface area contributed by atoms with E-state index in [9.17, 15) is 14.4 Å². The number of rotatable bonds is 8. The lowest BCUT2D eigenvalue weighted by molar-refractivity contribution is -0.124. The predicted octanol–water partition coefficient (Wildman–Crippen LogP) is -0.398. The first kappa shape index (κ1) is 15.7. The van der Waals surface area contributed by atoms with Crippen molar-refractivity contribution >= 4 is 28.9 Å². The Bertz CT molecular complexity index is 323. The van der Waals surface area contributed by atoms with Crippen molar-refractivity contribution < 1.29 is 23.9 Å². The predicted molar refractivity (Wildman–Crippen MR) is 68.8 cm³/mol. The van der Waals surface area contributed by atoms with Crippen LogP contribution in [0.5, 0.6) is 0 Å². The van der Waals surface area contributed by atoms with Gasteiger partial charge in [-0.15, -0.1) is 0 Å². The third-order valence-electron chi connectivity index (χ3n) is 2.23. The van der Waals surface area contributed by atoms with Crippen molar-refractivity contribution in [3.63, 3.8) is 0 Å². The van der Waals surface area contributed by atoms with Gasteiger partial charge in [0.05, 0.1) is 19.0 Å². The zero-order valence-electron chi connectivity index (χ0n) is 10.6. The lowest BCUT2D eigenvalue weighted by Crippen LogP contribution is -2.42. The van der Waals surface area contributed by atoms with Gasteiger partial charge in [0.1, 0.15) is 6.73 Å². The highest BCUT2D eigenvalue weighted by atomic mass is 32.2. The van der Waals surface area contributed by atoms with Gasteiger partial charge in [-0.3, -0.25) is 14.5 Å². The summed E-state index contributed by atoms with van der Waals surface area (Å²) in [4.78, 5) is 34.9. The largest absolute Gasteiger partial charge is 0.382 e. The van der Waals surface area contributed by atoms with Gasteiger partial charge >= 0.3 is 6.03 Å². The number of methoxy groups -OCH3 is 1. The first-order valence-corrected chi connectivity index (χ1v) is 6.69. The average Bonchev–Trinajstić information content (AvgIpc) is 2.70. The van der Waals surface area contributed by atoms with Crippen LogP contribution >= 0.6 is 11.8 Å². The van der Waals surface area contributed by atoms with Gasteiger partial charge in [-0.2, -0.15) is 0 Å². The number of nitrogens with zero attached hydrogens (tertiary/aromatic N) is 1. The monoisotopic (exact) mass is 291 g/mol. The van der Waals surface area contributed by atoms with Crippen LogP contribution in [0.25, 0.3) is 0 Å². The normalized spacial score (nSPS) is 14.9. The van der Waals surface area contributed by atoms with Gasteiger partial charge in [-0.1, -0.05) is 11.8 Å². The molecule has 1 heterocycles. The zero-order valence-corrected chi connectivity index (χ0v) is 11.5. The molecule has 19 heavy (non-hydrogen) atoms.